The molecule has 4 N–H and O–H groups in total. The van der Waals surface area contributed by atoms with Crippen LogP contribution in [0.25, 0.3) is 0 Å². The van der Waals surface area contributed by atoms with Crippen molar-refractivity contribution in [2.24, 2.45) is 5.92 Å². The van der Waals surface area contributed by atoms with E-state index in [-0.39, 0.29) is 43.0 Å². The molecule has 0 saturated heterocycles. The number of halogens is 3. The van der Waals surface area contributed by atoms with E-state index in [0.29, 0.717) is 48.0 Å². The maximum Gasteiger partial charge on any atom is 0.416 e. The first-order valence-electron chi connectivity index (χ1n) is 17.1. The summed E-state index contributed by atoms with van der Waals surface area (Å²) in [7, 11) is 1.55. The van der Waals surface area contributed by atoms with E-state index in [4.69, 9.17) is 14.0 Å². The Bertz CT molecular complexity index is 1660. The monoisotopic (exact) mass is 732 g/mol. The van der Waals surface area contributed by atoms with E-state index in [2.05, 4.69) is 21.1 Å². The molecule has 2 aromatic carbocycles. The van der Waals surface area contributed by atoms with Gasteiger partial charge in [0.05, 0.1) is 36.0 Å². The lowest BCUT2D eigenvalue weighted by atomic mass is 10.0. The Morgan fingerprint density at radius 1 is 1.06 bits per heavy atom. The zero-order chi connectivity index (χ0) is 38.2. The number of likely N-dealkylation sites (N-methyl/N-ethyl adjacent to an activating group) is 1. The van der Waals surface area contributed by atoms with Crippen molar-refractivity contribution >= 4 is 35.0 Å². The molecular formula is C36H47F3N6O7. The maximum absolute atomic E-state index is 14.4. The number of aliphatic hydroxyl groups excluding tert-OH is 1. The first-order chi connectivity index (χ1) is 24.6. The molecule has 0 aliphatic carbocycles. The summed E-state index contributed by atoms with van der Waals surface area (Å²) in [6, 6.07) is 7.19. The molecule has 13 nitrogen and oxygen atoms in total. The molecule has 0 bridgehead atoms. The molecule has 2 heterocycles. The zero-order valence-corrected chi connectivity index (χ0v) is 30.2. The molecule has 3 aromatic rings. The Balaban J connectivity index is 1.56. The molecule has 4 rings (SSSR count). The number of benzene rings is 2. The van der Waals surface area contributed by atoms with Crippen molar-refractivity contribution in [2.45, 2.75) is 78.3 Å². The molecule has 1 aliphatic heterocycles. The van der Waals surface area contributed by atoms with Crippen LogP contribution in [0.4, 0.5) is 39.8 Å². The minimum Gasteiger partial charge on any atom is -0.490 e. The van der Waals surface area contributed by atoms with E-state index < -0.39 is 41.9 Å². The molecule has 16 heteroatoms. The number of hydrogen-bond donors (Lipinski definition) is 4. The van der Waals surface area contributed by atoms with E-state index in [0.717, 1.165) is 18.6 Å². The Morgan fingerprint density at radius 2 is 1.75 bits per heavy atom. The zero-order valence-electron chi connectivity index (χ0n) is 30.2. The van der Waals surface area contributed by atoms with Crippen LogP contribution >= 0.6 is 0 Å². The van der Waals surface area contributed by atoms with E-state index >= 15 is 0 Å². The summed E-state index contributed by atoms with van der Waals surface area (Å²) in [6.45, 7) is 9.10. The fourth-order valence-corrected chi connectivity index (χ4v) is 5.71. The quantitative estimate of drug-likeness (QED) is 0.204. The second kappa shape index (κ2) is 17.6. The van der Waals surface area contributed by atoms with Crippen LogP contribution in [-0.2, 0) is 10.9 Å². The number of carbonyl (C=O) groups is 3. The van der Waals surface area contributed by atoms with Crippen LogP contribution < -0.4 is 20.7 Å². The van der Waals surface area contributed by atoms with Crippen molar-refractivity contribution in [3.8, 4) is 5.75 Å². The summed E-state index contributed by atoms with van der Waals surface area (Å²) >= 11 is 0. The number of aliphatic hydroxyl groups is 1. The SMILES string of the molecule is Cc1noc(C)c1NC(=O)Nc1ccc2c(c1)C(=O)N([C@@H](C)CO)C[C@H](C)[C@H](CN(C)C(=O)Nc1ccc(C(F)(F)F)cc1)OCCCC[C@H](C)O2. The standard InChI is InChI=1S/C36H47F3N6O7/c1-21-18-45(22(2)20-46)33(47)29-17-28(40-34(48)42-32-24(4)43-52-25(32)5)14-15-30(29)51-23(3)9-7-8-16-50-31(21)19-44(6)35(49)41-27-12-10-26(11-13-27)36(37,38)39/h10-15,17,21-23,31,46H,7-9,16,18-20H2,1-6H3,(H,41,49)(H2,40,42,48)/t21-,22-,23-,31-/m0/s1. The third kappa shape index (κ3) is 10.6. The van der Waals surface area contributed by atoms with Crippen molar-refractivity contribution in [3.05, 3.63) is 65.0 Å². The number of carbonyl (C=O) groups excluding carboxylic acids is 3. The fraction of sp³-hybridized carbons (Fsp3) is 0.500. The number of rotatable bonds is 7. The van der Waals surface area contributed by atoms with Gasteiger partial charge in [0, 0.05) is 44.0 Å². The molecule has 0 saturated carbocycles. The minimum atomic E-state index is -4.50. The van der Waals surface area contributed by atoms with Gasteiger partial charge in [-0.3, -0.25) is 4.79 Å². The molecule has 0 fully saturated rings. The highest BCUT2D eigenvalue weighted by Gasteiger charge is 2.32. The van der Waals surface area contributed by atoms with Gasteiger partial charge in [0.25, 0.3) is 5.91 Å². The Labute approximate surface area is 300 Å². The number of anilines is 3. The van der Waals surface area contributed by atoms with Gasteiger partial charge in [0.1, 0.15) is 17.1 Å². The van der Waals surface area contributed by atoms with Gasteiger partial charge in [0.15, 0.2) is 5.76 Å². The summed E-state index contributed by atoms with van der Waals surface area (Å²) in [5.41, 5.74) is 0.804. The molecule has 0 radical (unpaired) electrons. The number of nitrogens with one attached hydrogen (secondary N) is 3. The van der Waals surface area contributed by atoms with Crippen LogP contribution in [0, 0.1) is 19.8 Å². The van der Waals surface area contributed by atoms with Gasteiger partial charge in [-0.1, -0.05) is 12.1 Å². The molecule has 0 spiro atoms. The van der Waals surface area contributed by atoms with E-state index in [9.17, 15) is 32.7 Å². The number of urea groups is 2. The van der Waals surface area contributed by atoms with Crippen molar-refractivity contribution in [2.75, 3.05) is 49.3 Å². The summed E-state index contributed by atoms with van der Waals surface area (Å²) < 4.78 is 56.6. The first kappa shape index (κ1) is 39.9. The number of ether oxygens (including phenoxy) is 2. The lowest BCUT2D eigenvalue weighted by Gasteiger charge is -2.35. The van der Waals surface area contributed by atoms with E-state index in [1.54, 1.807) is 40.0 Å². The van der Waals surface area contributed by atoms with Crippen molar-refractivity contribution in [3.63, 3.8) is 0 Å². The third-order valence-corrected chi connectivity index (χ3v) is 8.85. The summed E-state index contributed by atoms with van der Waals surface area (Å²) in [4.78, 5) is 43.3. The molecule has 4 atom stereocenters. The topological polar surface area (TPSA) is 158 Å². The molecule has 52 heavy (non-hydrogen) atoms. The summed E-state index contributed by atoms with van der Waals surface area (Å²) in [6.07, 6.45) is -3.21. The van der Waals surface area contributed by atoms with E-state index in [1.807, 2.05) is 13.8 Å². The highest BCUT2D eigenvalue weighted by molar-refractivity contribution is 6.03. The summed E-state index contributed by atoms with van der Waals surface area (Å²) in [5, 5.41) is 22.1. The number of nitrogens with zero attached hydrogens (tertiary/aromatic N) is 3. The molecule has 284 valence electrons. The Kier molecular flexibility index (Phi) is 13.5. The number of aromatic nitrogens is 1. The second-order valence-electron chi connectivity index (χ2n) is 13.2. The number of hydrogen-bond acceptors (Lipinski definition) is 8. The average Bonchev–Trinajstić information content (AvgIpc) is 3.41. The maximum atomic E-state index is 14.4. The molecule has 5 amide bonds. The Hall–Kier alpha value is -4.83. The molecular weight excluding hydrogens is 685 g/mol. The van der Waals surface area contributed by atoms with Crippen molar-refractivity contribution in [1.29, 1.82) is 0 Å². The predicted molar refractivity (Wildman–Crippen MR) is 189 cm³/mol. The Morgan fingerprint density at radius 3 is 2.38 bits per heavy atom. The van der Waals surface area contributed by atoms with Gasteiger partial charge in [-0.05, 0) is 89.4 Å². The van der Waals surface area contributed by atoms with Crippen LogP contribution in [-0.4, -0.2) is 89.6 Å². The number of aryl methyl sites for hydroxylation is 2. The third-order valence-electron chi connectivity index (χ3n) is 8.85. The average molecular weight is 733 g/mol. The van der Waals surface area contributed by atoms with Crippen LogP contribution in [0.5, 0.6) is 5.75 Å². The first-order valence-corrected chi connectivity index (χ1v) is 17.1. The minimum absolute atomic E-state index is 0.105. The van der Waals surface area contributed by atoms with Gasteiger partial charge in [-0.15, -0.1) is 0 Å². The lowest BCUT2D eigenvalue weighted by molar-refractivity contribution is -0.137. The largest absolute Gasteiger partial charge is 0.490 e. The van der Waals surface area contributed by atoms with Crippen molar-refractivity contribution < 1.29 is 46.7 Å². The van der Waals surface area contributed by atoms with Gasteiger partial charge in [-0.2, -0.15) is 13.2 Å². The van der Waals surface area contributed by atoms with Gasteiger partial charge in [-0.25, -0.2) is 9.59 Å². The smallest absolute Gasteiger partial charge is 0.416 e. The predicted octanol–water partition coefficient (Wildman–Crippen LogP) is 6.91. The highest BCUT2D eigenvalue weighted by Crippen LogP contribution is 2.31. The van der Waals surface area contributed by atoms with Crippen LogP contribution in [0.2, 0.25) is 0 Å². The number of fused-ring (bicyclic) bond motifs is 1. The normalized spacial score (nSPS) is 19.5. The van der Waals surface area contributed by atoms with Crippen molar-refractivity contribution in [1.82, 2.24) is 15.0 Å². The van der Waals surface area contributed by atoms with Crippen LogP contribution in [0.15, 0.2) is 47.0 Å². The highest BCUT2D eigenvalue weighted by atomic mass is 19.4. The lowest BCUT2D eigenvalue weighted by Crippen LogP contribution is -2.48. The number of amides is 5. The van der Waals surface area contributed by atoms with Crippen LogP contribution in [0.3, 0.4) is 0 Å². The molecule has 1 aliphatic rings. The van der Waals surface area contributed by atoms with E-state index in [1.165, 1.54) is 28.0 Å². The fourth-order valence-electron chi connectivity index (χ4n) is 5.71. The number of alkyl halides is 3. The van der Waals surface area contributed by atoms with Crippen LogP contribution in [0.1, 0.15) is 67.4 Å². The van der Waals surface area contributed by atoms with Gasteiger partial charge in [0.2, 0.25) is 0 Å². The summed E-state index contributed by atoms with van der Waals surface area (Å²) in [5.74, 6) is -0.0471. The molecule has 1 aromatic heterocycles. The second-order valence-corrected chi connectivity index (χ2v) is 13.2. The van der Waals surface area contributed by atoms with Gasteiger partial charge < -0.3 is 44.9 Å². The molecule has 0 unspecified atom stereocenters. The van der Waals surface area contributed by atoms with Gasteiger partial charge >= 0.3 is 18.2 Å².